The summed E-state index contributed by atoms with van der Waals surface area (Å²) in [5.74, 6) is 1.35. The summed E-state index contributed by atoms with van der Waals surface area (Å²) in [7, 11) is 0. The number of H-pyrrole nitrogens is 1. The fraction of sp³-hybridized carbons (Fsp3) is 0.412. The zero-order chi connectivity index (χ0) is 32.6. The van der Waals surface area contributed by atoms with Gasteiger partial charge in [-0.3, -0.25) is 9.69 Å². The van der Waals surface area contributed by atoms with Gasteiger partial charge in [0, 0.05) is 72.6 Å². The molecule has 0 bridgehead atoms. The van der Waals surface area contributed by atoms with E-state index in [9.17, 15) is 23.2 Å². The summed E-state index contributed by atoms with van der Waals surface area (Å²) >= 11 is 1.09. The number of nitrogens with one attached hydrogen (secondary N) is 2. The molecule has 1 aliphatic rings. The molecule has 5 heterocycles. The molecule has 12 heteroatoms. The summed E-state index contributed by atoms with van der Waals surface area (Å²) in [6, 6.07) is 13.7. The van der Waals surface area contributed by atoms with Crippen LogP contribution < -0.4 is 10.9 Å². The molecule has 8 nitrogen and oxygen atoms in total. The molecule has 0 aliphatic carbocycles. The van der Waals surface area contributed by atoms with Gasteiger partial charge >= 0.3 is 6.18 Å². The molecule has 2 N–H and O–H groups in total. The summed E-state index contributed by atoms with van der Waals surface area (Å²) in [4.78, 5) is 26.6. The number of pyridine rings is 1. The van der Waals surface area contributed by atoms with Crippen LogP contribution in [0.4, 0.5) is 19.0 Å². The number of halogens is 3. The molecule has 0 radical (unpaired) electrons. The molecule has 1 fully saturated rings. The largest absolute Gasteiger partial charge is 0.393 e. The van der Waals surface area contributed by atoms with Crippen molar-refractivity contribution >= 4 is 38.3 Å². The summed E-state index contributed by atoms with van der Waals surface area (Å²) in [5.41, 5.74) is 4.88. The SMILES string of the molecule is CCc1nc(NC2CCN(Cc3ccc4c(cc(C#N)n4CC(C)c4ccc(=O)[nH]c4)c3C)CC2)c2cc(CC(F)(F)F)sc2n1. The van der Waals surface area contributed by atoms with Gasteiger partial charge in [-0.15, -0.1) is 11.3 Å². The molecular formula is C34H36F3N7OS. The van der Waals surface area contributed by atoms with Gasteiger partial charge in [0.15, 0.2) is 0 Å². The Hall–Kier alpha value is -4.21. The third kappa shape index (κ3) is 6.81. The molecule has 1 aliphatic heterocycles. The third-order valence-electron chi connectivity index (χ3n) is 8.92. The minimum atomic E-state index is -4.27. The van der Waals surface area contributed by atoms with E-state index in [1.165, 1.54) is 11.6 Å². The normalized spacial score (nSPS) is 15.4. The fourth-order valence-corrected chi connectivity index (χ4v) is 7.41. The highest BCUT2D eigenvalue weighted by Crippen LogP contribution is 2.34. The van der Waals surface area contributed by atoms with Crippen molar-refractivity contribution < 1.29 is 13.2 Å². The molecule has 0 saturated carbocycles. The van der Waals surface area contributed by atoms with Gasteiger partial charge < -0.3 is 14.9 Å². The number of nitrogens with zero attached hydrogens (tertiary/aromatic N) is 5. The first kappa shape index (κ1) is 31.8. The van der Waals surface area contributed by atoms with E-state index in [2.05, 4.69) is 61.8 Å². The van der Waals surface area contributed by atoms with Crippen LogP contribution in [0, 0.1) is 18.3 Å². The Morgan fingerprint density at radius 1 is 1.15 bits per heavy atom. The smallest absolute Gasteiger partial charge is 0.367 e. The predicted octanol–water partition coefficient (Wildman–Crippen LogP) is 7.06. The van der Waals surface area contributed by atoms with Crippen LogP contribution in [0.3, 0.4) is 0 Å². The van der Waals surface area contributed by atoms with Crippen molar-refractivity contribution in [1.82, 2.24) is 24.4 Å². The number of thiophene rings is 1. The maximum Gasteiger partial charge on any atom is 0.393 e. The second kappa shape index (κ2) is 12.9. The van der Waals surface area contributed by atoms with Gasteiger partial charge in [-0.1, -0.05) is 26.0 Å². The monoisotopic (exact) mass is 647 g/mol. The van der Waals surface area contributed by atoms with E-state index in [4.69, 9.17) is 0 Å². The standard InChI is InChI=1S/C34H36F3N7OS/c1-4-30-41-32(28-14-26(15-34(35,36)37)46-33(28)42-30)40-24-9-11-43(12-10-24)19-23-5-7-29-27(21(23)3)13-25(16-38)44(29)18-20(2)22-6-8-31(45)39-17-22/h5-8,13-14,17,20,24H,4,9-12,15,18-19H2,1-3H3,(H,39,45)(H,40,41,42). The molecular weight excluding hydrogens is 611 g/mol. The number of hydrogen-bond donors (Lipinski definition) is 2. The van der Waals surface area contributed by atoms with E-state index in [0.29, 0.717) is 40.5 Å². The van der Waals surface area contributed by atoms with Gasteiger partial charge in [-0.25, -0.2) is 9.97 Å². The minimum Gasteiger partial charge on any atom is -0.367 e. The zero-order valence-corrected chi connectivity index (χ0v) is 26.9. The van der Waals surface area contributed by atoms with Crippen molar-refractivity contribution in [2.75, 3.05) is 18.4 Å². The van der Waals surface area contributed by atoms with E-state index < -0.39 is 12.6 Å². The Morgan fingerprint density at radius 3 is 2.61 bits per heavy atom. The van der Waals surface area contributed by atoms with Crippen molar-refractivity contribution in [2.45, 2.75) is 77.7 Å². The average Bonchev–Trinajstić information content (AvgIpc) is 3.59. The summed E-state index contributed by atoms with van der Waals surface area (Å²) in [6.07, 6.45) is -1.13. The van der Waals surface area contributed by atoms with Crippen molar-refractivity contribution in [3.8, 4) is 6.07 Å². The Morgan fingerprint density at radius 2 is 1.93 bits per heavy atom. The topological polar surface area (TPSA) is 103 Å². The van der Waals surface area contributed by atoms with E-state index in [0.717, 1.165) is 65.8 Å². The first-order chi connectivity index (χ1) is 22.0. The molecule has 1 unspecified atom stereocenters. The molecule has 0 amide bonds. The lowest BCUT2D eigenvalue weighted by Crippen LogP contribution is -2.39. The lowest BCUT2D eigenvalue weighted by atomic mass is 10.0. The molecule has 5 aromatic rings. The first-order valence-electron chi connectivity index (χ1n) is 15.6. The molecule has 6 rings (SSSR count). The molecule has 1 aromatic carbocycles. The lowest BCUT2D eigenvalue weighted by molar-refractivity contribution is -0.126. The van der Waals surface area contributed by atoms with Crippen LogP contribution in [-0.2, 0) is 25.9 Å². The first-order valence-corrected chi connectivity index (χ1v) is 16.4. The van der Waals surface area contributed by atoms with Gasteiger partial charge in [0.1, 0.15) is 28.2 Å². The predicted molar refractivity (Wildman–Crippen MR) is 175 cm³/mol. The quantitative estimate of drug-likeness (QED) is 0.178. The second-order valence-electron chi connectivity index (χ2n) is 12.2. The van der Waals surface area contributed by atoms with E-state index >= 15 is 0 Å². The number of alkyl halides is 3. The average molecular weight is 648 g/mol. The number of aromatic nitrogens is 4. The van der Waals surface area contributed by atoms with Crippen molar-refractivity contribution in [1.29, 1.82) is 5.26 Å². The maximum absolute atomic E-state index is 13.1. The zero-order valence-electron chi connectivity index (χ0n) is 26.0. The van der Waals surface area contributed by atoms with Gasteiger partial charge in [0.05, 0.1) is 11.8 Å². The van der Waals surface area contributed by atoms with Crippen LogP contribution in [0.1, 0.15) is 65.7 Å². The second-order valence-corrected chi connectivity index (χ2v) is 13.3. The van der Waals surface area contributed by atoms with Gasteiger partial charge in [0.2, 0.25) is 5.56 Å². The number of anilines is 1. The number of fused-ring (bicyclic) bond motifs is 2. The number of hydrogen-bond acceptors (Lipinski definition) is 7. The van der Waals surface area contributed by atoms with E-state index in [1.807, 2.05) is 19.1 Å². The summed E-state index contributed by atoms with van der Waals surface area (Å²) < 4.78 is 41.2. The van der Waals surface area contributed by atoms with Crippen molar-refractivity contribution in [3.63, 3.8) is 0 Å². The highest BCUT2D eigenvalue weighted by Gasteiger charge is 2.29. The molecule has 1 saturated heterocycles. The molecule has 46 heavy (non-hydrogen) atoms. The van der Waals surface area contributed by atoms with Gasteiger partial charge in [-0.2, -0.15) is 18.4 Å². The Labute approximate surface area is 268 Å². The Balaban J connectivity index is 1.13. The van der Waals surface area contributed by atoms with E-state index in [1.54, 1.807) is 12.3 Å². The van der Waals surface area contributed by atoms with Crippen LogP contribution in [-0.4, -0.2) is 49.7 Å². The third-order valence-corrected chi connectivity index (χ3v) is 9.95. The van der Waals surface area contributed by atoms with Gasteiger partial charge in [0.25, 0.3) is 0 Å². The molecule has 240 valence electrons. The number of rotatable bonds is 9. The highest BCUT2D eigenvalue weighted by molar-refractivity contribution is 7.18. The number of aromatic amines is 1. The summed E-state index contributed by atoms with van der Waals surface area (Å²) in [5, 5.41) is 15.2. The van der Waals surface area contributed by atoms with Gasteiger partial charge in [-0.05, 0) is 54.7 Å². The number of benzene rings is 1. The fourth-order valence-electron chi connectivity index (χ4n) is 6.33. The van der Waals surface area contributed by atoms with Crippen molar-refractivity contribution in [3.05, 3.63) is 86.0 Å². The van der Waals surface area contributed by atoms with Crippen LogP contribution in [0.5, 0.6) is 0 Å². The molecule has 1 atom stereocenters. The molecule has 0 spiro atoms. The lowest BCUT2D eigenvalue weighted by Gasteiger charge is -2.33. The van der Waals surface area contributed by atoms with Crippen LogP contribution in [0.25, 0.3) is 21.1 Å². The number of likely N-dealkylation sites (tertiary alicyclic amines) is 1. The van der Waals surface area contributed by atoms with Crippen LogP contribution in [0.15, 0.2) is 47.4 Å². The minimum absolute atomic E-state index is 0.100. The van der Waals surface area contributed by atoms with Crippen LogP contribution >= 0.6 is 11.3 Å². The Bertz CT molecular complexity index is 1960. The number of aryl methyl sites for hydroxylation is 2. The Kier molecular flexibility index (Phi) is 8.90. The van der Waals surface area contributed by atoms with Crippen molar-refractivity contribution in [2.24, 2.45) is 0 Å². The highest BCUT2D eigenvalue weighted by atomic mass is 32.1. The number of piperidine rings is 1. The molecule has 4 aromatic heterocycles. The number of nitriles is 1. The van der Waals surface area contributed by atoms with Crippen LogP contribution in [0.2, 0.25) is 0 Å². The maximum atomic E-state index is 13.1. The summed E-state index contributed by atoms with van der Waals surface area (Å²) in [6.45, 7) is 9.29. The van der Waals surface area contributed by atoms with E-state index in [-0.39, 0.29) is 22.4 Å².